The molecule has 0 aromatic heterocycles. The zero-order valence-corrected chi connectivity index (χ0v) is 21.6. The Morgan fingerprint density at radius 2 is 1.97 bits per heavy atom. The number of aliphatic hydroxyl groups is 3. The van der Waals surface area contributed by atoms with Gasteiger partial charge in [-0.3, -0.25) is 4.79 Å². The van der Waals surface area contributed by atoms with Crippen LogP contribution in [0.4, 0.5) is 0 Å². The van der Waals surface area contributed by atoms with Gasteiger partial charge in [0.15, 0.2) is 0 Å². The van der Waals surface area contributed by atoms with Gasteiger partial charge in [0.05, 0.1) is 18.3 Å². The van der Waals surface area contributed by atoms with Gasteiger partial charge in [-0.25, -0.2) is 0 Å². The Hall–Kier alpha value is -0.700. The molecule has 0 saturated carbocycles. The third kappa shape index (κ3) is 9.27. The van der Waals surface area contributed by atoms with Crippen LogP contribution >= 0.6 is 0 Å². The van der Waals surface area contributed by atoms with E-state index in [9.17, 15) is 30.0 Å². The second-order valence-corrected chi connectivity index (χ2v) is 9.06. The number of fused-ring (bicyclic) bond motifs is 1. The first-order valence-electron chi connectivity index (χ1n) is 11.5. The summed E-state index contributed by atoms with van der Waals surface area (Å²) in [4.78, 5) is 23.0. The maximum atomic E-state index is 12.4. The van der Waals surface area contributed by atoms with Crippen molar-refractivity contribution in [2.24, 2.45) is 17.8 Å². The van der Waals surface area contributed by atoms with E-state index in [2.05, 4.69) is 19.9 Å². The smallest absolute Gasteiger partial charge is 0.550 e. The summed E-state index contributed by atoms with van der Waals surface area (Å²) in [6.45, 7) is 4.16. The topological polar surface area (TPSA) is 127 Å². The van der Waals surface area contributed by atoms with Crippen LogP contribution in [0.1, 0.15) is 71.6 Å². The summed E-state index contributed by atoms with van der Waals surface area (Å²) in [5.41, 5.74) is 0.958. The largest absolute Gasteiger partial charge is 1.00 e. The molecule has 7 nitrogen and oxygen atoms in total. The summed E-state index contributed by atoms with van der Waals surface area (Å²) < 4.78 is 5.82. The average molecular weight is 461 g/mol. The molecule has 8 heteroatoms. The molecule has 0 heterocycles. The predicted octanol–water partition coefficient (Wildman–Crippen LogP) is -1.36. The molecule has 0 spiro atoms. The fraction of sp³-hybridized carbons (Fsp3) is 0.750. The van der Waals surface area contributed by atoms with E-state index in [0.717, 1.165) is 24.8 Å². The first-order chi connectivity index (χ1) is 14.7. The van der Waals surface area contributed by atoms with Crippen molar-refractivity contribution in [2.45, 2.75) is 96.1 Å². The van der Waals surface area contributed by atoms with Gasteiger partial charge in [-0.2, -0.15) is 0 Å². The molecule has 0 aliphatic heterocycles. The van der Waals surface area contributed by atoms with Crippen LogP contribution in [0.15, 0.2) is 23.8 Å². The molecular formula is C24H37NaO7. The Morgan fingerprint density at radius 3 is 2.62 bits per heavy atom. The number of esters is 1. The molecule has 176 valence electrons. The van der Waals surface area contributed by atoms with Crippen molar-refractivity contribution in [3.63, 3.8) is 0 Å². The van der Waals surface area contributed by atoms with Crippen molar-refractivity contribution in [3.8, 4) is 0 Å². The van der Waals surface area contributed by atoms with Gasteiger partial charge in [-0.05, 0) is 43.1 Å². The van der Waals surface area contributed by atoms with Gasteiger partial charge < -0.3 is 30.0 Å². The molecule has 0 fully saturated rings. The third-order valence-corrected chi connectivity index (χ3v) is 6.42. The summed E-state index contributed by atoms with van der Waals surface area (Å²) in [5.74, 6) is -1.34. The standard InChI is InChI=1S/C24H38O7.Na/c1-3-4-5-6-23(30)31-21-13-18(26)11-16-8-7-15(2)20(24(16)21)10-9-17(25)12-19(27)14-22(28)29;/h7-8,11,15,17-21,24-27H,3-6,9-10,12-14H2,1-2H3,(H,28,29);/q;+1/p-1/t15-,17+,18+,19+,20-,21-,24-;/m0./s1. The first-order valence-corrected chi connectivity index (χ1v) is 11.5. The number of carbonyl (C=O) groups is 2. The zero-order valence-electron chi connectivity index (χ0n) is 19.6. The average Bonchev–Trinajstić information content (AvgIpc) is 2.66. The summed E-state index contributed by atoms with van der Waals surface area (Å²) in [5, 5.41) is 40.9. The number of aliphatic hydroxyl groups excluding tert-OH is 3. The van der Waals surface area contributed by atoms with E-state index >= 15 is 0 Å². The van der Waals surface area contributed by atoms with E-state index < -0.39 is 36.8 Å². The van der Waals surface area contributed by atoms with Gasteiger partial charge in [0.2, 0.25) is 0 Å². The quantitative estimate of drug-likeness (QED) is 0.187. The maximum absolute atomic E-state index is 12.4. The molecule has 3 N–H and O–H groups in total. The van der Waals surface area contributed by atoms with Crippen LogP contribution in [0.5, 0.6) is 0 Å². The minimum absolute atomic E-state index is 0. The van der Waals surface area contributed by atoms with Crippen LogP contribution in [-0.2, 0) is 14.3 Å². The predicted molar refractivity (Wildman–Crippen MR) is 114 cm³/mol. The van der Waals surface area contributed by atoms with Crippen LogP contribution in [0.2, 0.25) is 0 Å². The summed E-state index contributed by atoms with van der Waals surface area (Å²) in [6.07, 6.45) is 6.87. The fourth-order valence-corrected chi connectivity index (χ4v) is 4.83. The molecule has 2 aliphatic rings. The van der Waals surface area contributed by atoms with E-state index in [1.54, 1.807) is 0 Å². The Balaban J connectivity index is 0.00000512. The van der Waals surface area contributed by atoms with E-state index in [-0.39, 0.29) is 59.7 Å². The number of carbonyl (C=O) groups excluding carboxylic acids is 2. The van der Waals surface area contributed by atoms with Gasteiger partial charge in [0.1, 0.15) is 6.10 Å². The monoisotopic (exact) mass is 460 g/mol. The summed E-state index contributed by atoms with van der Waals surface area (Å²) in [7, 11) is 0. The molecule has 2 rings (SSSR count). The second-order valence-electron chi connectivity index (χ2n) is 9.06. The number of aliphatic carboxylic acids is 1. The number of unbranched alkanes of at least 4 members (excludes halogenated alkanes) is 2. The fourth-order valence-electron chi connectivity index (χ4n) is 4.83. The Morgan fingerprint density at radius 1 is 1.25 bits per heavy atom. The van der Waals surface area contributed by atoms with E-state index in [0.29, 0.717) is 25.7 Å². The SMILES string of the molecule is CCCCCC(=O)O[C@H]1C[C@H](O)C=C2C=C[C@H](C)[C@H](CC[C@@H](O)C[C@@H](O)CC(=O)[O-])[C@H]21.[Na+]. The summed E-state index contributed by atoms with van der Waals surface area (Å²) in [6, 6.07) is 0. The first kappa shape index (κ1) is 29.3. The van der Waals surface area contributed by atoms with E-state index in [4.69, 9.17) is 4.74 Å². The Kier molecular flexibility index (Phi) is 13.3. The van der Waals surface area contributed by atoms with Crippen LogP contribution in [0.3, 0.4) is 0 Å². The Labute approximate surface area is 213 Å². The van der Waals surface area contributed by atoms with Crippen molar-refractivity contribution in [1.82, 2.24) is 0 Å². The van der Waals surface area contributed by atoms with Gasteiger partial charge >= 0.3 is 35.5 Å². The third-order valence-electron chi connectivity index (χ3n) is 6.42. The normalized spacial score (nSPS) is 28.7. The van der Waals surface area contributed by atoms with Gasteiger partial charge in [0, 0.05) is 31.1 Å². The molecule has 0 aromatic rings. The van der Waals surface area contributed by atoms with Crippen LogP contribution in [0, 0.1) is 17.8 Å². The molecule has 2 aliphatic carbocycles. The number of allylic oxidation sites excluding steroid dienone is 2. The molecular weight excluding hydrogens is 423 g/mol. The van der Waals surface area contributed by atoms with Crippen LogP contribution < -0.4 is 34.7 Å². The number of ether oxygens (including phenoxy) is 1. The van der Waals surface area contributed by atoms with Crippen molar-refractivity contribution < 1.29 is 64.3 Å². The zero-order chi connectivity index (χ0) is 23.0. The number of carboxylic acids is 1. The number of hydrogen-bond donors (Lipinski definition) is 3. The molecule has 0 aromatic carbocycles. The Bertz CT molecular complexity index is 663. The number of carboxylic acid groups (broad SMARTS) is 1. The minimum atomic E-state index is -1.34. The molecule has 0 bridgehead atoms. The van der Waals surface area contributed by atoms with E-state index in [1.807, 2.05) is 12.2 Å². The summed E-state index contributed by atoms with van der Waals surface area (Å²) >= 11 is 0. The van der Waals surface area contributed by atoms with Gasteiger partial charge in [-0.1, -0.05) is 44.9 Å². The van der Waals surface area contributed by atoms with Crippen LogP contribution in [0.25, 0.3) is 0 Å². The van der Waals surface area contributed by atoms with Crippen molar-refractivity contribution in [3.05, 3.63) is 23.8 Å². The van der Waals surface area contributed by atoms with Gasteiger partial charge in [-0.15, -0.1) is 0 Å². The molecule has 7 atom stereocenters. The van der Waals surface area contributed by atoms with Crippen molar-refractivity contribution in [2.75, 3.05) is 0 Å². The van der Waals surface area contributed by atoms with Crippen molar-refractivity contribution in [1.29, 1.82) is 0 Å². The number of hydrogen-bond acceptors (Lipinski definition) is 7. The minimum Gasteiger partial charge on any atom is -0.550 e. The molecule has 0 radical (unpaired) electrons. The van der Waals surface area contributed by atoms with Crippen molar-refractivity contribution >= 4 is 11.9 Å². The molecule has 0 amide bonds. The van der Waals surface area contributed by atoms with Crippen LogP contribution in [-0.4, -0.2) is 51.7 Å². The second kappa shape index (κ2) is 14.5. The molecule has 32 heavy (non-hydrogen) atoms. The molecule has 0 unspecified atom stereocenters. The van der Waals surface area contributed by atoms with E-state index in [1.165, 1.54) is 0 Å². The maximum Gasteiger partial charge on any atom is 1.00 e. The van der Waals surface area contributed by atoms with Gasteiger partial charge in [0.25, 0.3) is 0 Å². The number of rotatable bonds is 12. The molecule has 0 saturated heterocycles.